The molecule has 0 radical (unpaired) electrons. The zero-order valence-corrected chi connectivity index (χ0v) is 15.3. The number of aliphatic imine (C=N–C) groups is 1. The Bertz CT molecular complexity index is 759. The number of carbonyl (C=O) groups is 1. The molecule has 6 nitrogen and oxygen atoms in total. The molecule has 3 rings (SSSR count). The van der Waals surface area contributed by atoms with Crippen molar-refractivity contribution >= 4 is 38.4 Å². The van der Waals surface area contributed by atoms with E-state index >= 15 is 0 Å². The van der Waals surface area contributed by atoms with Crippen LogP contribution in [0.4, 0.5) is 5.69 Å². The molecule has 130 valence electrons. The second-order valence-electron chi connectivity index (χ2n) is 5.91. The lowest BCUT2D eigenvalue weighted by atomic mass is 10.2. The average Bonchev–Trinajstić information content (AvgIpc) is 2.98. The summed E-state index contributed by atoms with van der Waals surface area (Å²) in [5, 5.41) is 0.522. The van der Waals surface area contributed by atoms with E-state index in [0.717, 1.165) is 17.9 Å². The molecule has 1 amide bonds. The summed E-state index contributed by atoms with van der Waals surface area (Å²) < 4.78 is 29.1. The number of ether oxygens (including phenoxy) is 1. The van der Waals surface area contributed by atoms with Gasteiger partial charge in [-0.2, -0.15) is 4.99 Å². The topological polar surface area (TPSA) is 76.0 Å². The van der Waals surface area contributed by atoms with Gasteiger partial charge >= 0.3 is 0 Å². The van der Waals surface area contributed by atoms with Crippen LogP contribution in [0.2, 0.25) is 0 Å². The zero-order valence-electron chi connectivity index (χ0n) is 13.6. The average molecular weight is 368 g/mol. The molecule has 0 unspecified atom stereocenters. The summed E-state index contributed by atoms with van der Waals surface area (Å²) in [7, 11) is -1.45. The SMILES string of the molecule is CCCC(=O)N=C1S[C@H]2CS(=O)(=O)C[C@H]2N1c1ccc(OC)cc1. The van der Waals surface area contributed by atoms with Crippen LogP contribution in [0.5, 0.6) is 5.75 Å². The molecule has 1 aromatic rings. The molecular formula is C16H20N2O4S2. The number of fused-ring (bicyclic) bond motifs is 1. The third kappa shape index (κ3) is 3.44. The van der Waals surface area contributed by atoms with Crippen LogP contribution in [0, 0.1) is 0 Å². The number of hydrogen-bond acceptors (Lipinski definition) is 5. The second-order valence-corrected chi connectivity index (χ2v) is 9.27. The summed E-state index contributed by atoms with van der Waals surface area (Å²) in [6.45, 7) is 1.93. The van der Waals surface area contributed by atoms with Crippen LogP contribution < -0.4 is 9.64 Å². The standard InChI is InChI=1S/C16H20N2O4S2/c1-3-4-15(19)17-16-18(11-5-7-12(22-2)8-6-11)13-9-24(20,21)10-14(13)23-16/h5-8,13-14H,3-4,9-10H2,1-2H3/t13-,14+/m1/s1. The number of thioether (sulfide) groups is 1. The second kappa shape index (κ2) is 6.76. The molecule has 0 aliphatic carbocycles. The van der Waals surface area contributed by atoms with Gasteiger partial charge in [-0.1, -0.05) is 18.7 Å². The van der Waals surface area contributed by atoms with Crippen molar-refractivity contribution in [3.8, 4) is 5.75 Å². The molecule has 24 heavy (non-hydrogen) atoms. The Morgan fingerprint density at radius 1 is 1.33 bits per heavy atom. The van der Waals surface area contributed by atoms with E-state index < -0.39 is 9.84 Å². The minimum Gasteiger partial charge on any atom is -0.497 e. The van der Waals surface area contributed by atoms with Crippen molar-refractivity contribution in [1.82, 2.24) is 0 Å². The summed E-state index contributed by atoms with van der Waals surface area (Å²) in [6.07, 6.45) is 1.14. The van der Waals surface area contributed by atoms with E-state index in [0.29, 0.717) is 11.6 Å². The van der Waals surface area contributed by atoms with Gasteiger partial charge in [0.15, 0.2) is 15.0 Å². The number of methoxy groups -OCH3 is 1. The number of nitrogens with zero attached hydrogens (tertiary/aromatic N) is 2. The third-order valence-electron chi connectivity index (χ3n) is 4.10. The number of rotatable bonds is 4. The smallest absolute Gasteiger partial charge is 0.248 e. The minimum atomic E-state index is -3.05. The van der Waals surface area contributed by atoms with Crippen molar-refractivity contribution in [3.63, 3.8) is 0 Å². The predicted octanol–water partition coefficient (Wildman–Crippen LogP) is 2.10. The summed E-state index contributed by atoms with van der Waals surface area (Å²) in [6, 6.07) is 7.20. The third-order valence-corrected chi connectivity index (χ3v) is 7.31. The number of anilines is 1. The molecule has 0 aromatic heterocycles. The van der Waals surface area contributed by atoms with E-state index in [2.05, 4.69) is 4.99 Å². The normalized spacial score (nSPS) is 26.6. The predicted molar refractivity (Wildman–Crippen MR) is 96.6 cm³/mol. The molecule has 2 aliphatic rings. The number of amides is 1. The molecule has 8 heteroatoms. The van der Waals surface area contributed by atoms with Crippen molar-refractivity contribution in [2.24, 2.45) is 4.99 Å². The van der Waals surface area contributed by atoms with Crippen LogP contribution in [-0.2, 0) is 14.6 Å². The first-order valence-electron chi connectivity index (χ1n) is 7.85. The Kier molecular flexibility index (Phi) is 4.87. The largest absolute Gasteiger partial charge is 0.497 e. The fourth-order valence-corrected chi connectivity index (χ4v) is 6.92. The number of sulfone groups is 1. The highest BCUT2D eigenvalue weighted by molar-refractivity contribution is 8.16. The highest BCUT2D eigenvalue weighted by Gasteiger charge is 2.49. The van der Waals surface area contributed by atoms with Gasteiger partial charge in [0, 0.05) is 17.4 Å². The lowest BCUT2D eigenvalue weighted by Gasteiger charge is -2.24. The van der Waals surface area contributed by atoms with Gasteiger partial charge in [0.1, 0.15) is 5.75 Å². The van der Waals surface area contributed by atoms with Gasteiger partial charge in [-0.25, -0.2) is 8.42 Å². The van der Waals surface area contributed by atoms with Crippen molar-refractivity contribution in [2.75, 3.05) is 23.5 Å². The van der Waals surface area contributed by atoms with Crippen LogP contribution in [0.3, 0.4) is 0 Å². The highest BCUT2D eigenvalue weighted by atomic mass is 32.2. The van der Waals surface area contributed by atoms with Gasteiger partial charge in [0.25, 0.3) is 0 Å². The van der Waals surface area contributed by atoms with Gasteiger partial charge in [-0.05, 0) is 30.7 Å². The first kappa shape index (κ1) is 17.3. The van der Waals surface area contributed by atoms with Crippen LogP contribution in [0.25, 0.3) is 0 Å². The first-order chi connectivity index (χ1) is 11.4. The molecule has 2 atom stereocenters. The van der Waals surface area contributed by atoms with E-state index in [1.807, 2.05) is 36.1 Å². The maximum Gasteiger partial charge on any atom is 0.248 e. The lowest BCUT2D eigenvalue weighted by Crippen LogP contribution is -2.37. The molecule has 0 N–H and O–H groups in total. The maximum atomic E-state index is 12.0. The Labute approximate surface area is 146 Å². The van der Waals surface area contributed by atoms with Crippen LogP contribution in [0.15, 0.2) is 29.3 Å². The van der Waals surface area contributed by atoms with E-state index in [4.69, 9.17) is 4.74 Å². The Balaban J connectivity index is 1.96. The lowest BCUT2D eigenvalue weighted by molar-refractivity contribution is -0.117. The van der Waals surface area contributed by atoms with E-state index in [1.165, 1.54) is 11.8 Å². The van der Waals surface area contributed by atoms with Crippen molar-refractivity contribution in [2.45, 2.75) is 31.1 Å². The quantitative estimate of drug-likeness (QED) is 0.810. The number of carbonyl (C=O) groups excluding carboxylic acids is 1. The summed E-state index contributed by atoms with van der Waals surface area (Å²) in [4.78, 5) is 18.1. The monoisotopic (exact) mass is 368 g/mol. The fraction of sp³-hybridized carbons (Fsp3) is 0.500. The first-order valence-corrected chi connectivity index (χ1v) is 10.6. The molecule has 2 heterocycles. The van der Waals surface area contributed by atoms with Gasteiger partial charge < -0.3 is 9.64 Å². The van der Waals surface area contributed by atoms with Crippen molar-refractivity contribution < 1.29 is 17.9 Å². The van der Waals surface area contributed by atoms with Gasteiger partial charge in [-0.3, -0.25) is 4.79 Å². The fourth-order valence-electron chi connectivity index (χ4n) is 2.99. The molecule has 2 aliphatic heterocycles. The molecule has 1 aromatic carbocycles. The summed E-state index contributed by atoms with van der Waals surface area (Å²) in [5.74, 6) is 0.788. The van der Waals surface area contributed by atoms with Crippen molar-refractivity contribution in [1.29, 1.82) is 0 Å². The summed E-state index contributed by atoms with van der Waals surface area (Å²) in [5.41, 5.74) is 0.830. The van der Waals surface area contributed by atoms with Crippen molar-refractivity contribution in [3.05, 3.63) is 24.3 Å². The number of benzene rings is 1. The van der Waals surface area contributed by atoms with E-state index in [1.54, 1.807) is 7.11 Å². The number of amidine groups is 1. The van der Waals surface area contributed by atoms with Gasteiger partial charge in [0.2, 0.25) is 5.91 Å². The molecule has 0 saturated carbocycles. The molecule has 0 bridgehead atoms. The van der Waals surface area contributed by atoms with E-state index in [-0.39, 0.29) is 28.7 Å². The van der Waals surface area contributed by atoms with E-state index in [9.17, 15) is 13.2 Å². The minimum absolute atomic E-state index is 0.0784. The number of hydrogen-bond donors (Lipinski definition) is 0. The Morgan fingerprint density at radius 3 is 2.67 bits per heavy atom. The van der Waals surface area contributed by atoms with Crippen LogP contribution in [0.1, 0.15) is 19.8 Å². The molecule has 2 saturated heterocycles. The maximum absolute atomic E-state index is 12.0. The van der Waals surface area contributed by atoms with Crippen LogP contribution in [-0.4, -0.2) is 49.4 Å². The Hall–Kier alpha value is -1.54. The zero-order chi connectivity index (χ0) is 17.3. The molecular weight excluding hydrogens is 348 g/mol. The van der Waals surface area contributed by atoms with Gasteiger partial charge in [-0.15, -0.1) is 0 Å². The molecule has 0 spiro atoms. The summed E-state index contributed by atoms with van der Waals surface area (Å²) >= 11 is 1.40. The highest BCUT2D eigenvalue weighted by Crippen LogP contribution is 2.41. The van der Waals surface area contributed by atoms with Gasteiger partial charge in [0.05, 0.1) is 24.7 Å². The Morgan fingerprint density at radius 2 is 2.04 bits per heavy atom. The van der Waals surface area contributed by atoms with Crippen LogP contribution >= 0.6 is 11.8 Å². The molecule has 2 fully saturated rings.